The van der Waals surface area contributed by atoms with Gasteiger partial charge in [0.2, 0.25) is 5.91 Å². The zero-order valence-corrected chi connectivity index (χ0v) is 15.3. The molecule has 1 aliphatic rings. The van der Waals surface area contributed by atoms with E-state index in [1.165, 1.54) is 11.1 Å². The highest BCUT2D eigenvalue weighted by Crippen LogP contribution is 2.16. The smallest absolute Gasteiger partial charge is 0.319 e. The number of anilines is 1. The van der Waals surface area contributed by atoms with E-state index < -0.39 is 6.04 Å². The van der Waals surface area contributed by atoms with E-state index in [0.717, 1.165) is 17.7 Å². The van der Waals surface area contributed by atoms with Crippen molar-refractivity contribution >= 4 is 17.6 Å². The topological polar surface area (TPSA) is 61.4 Å². The van der Waals surface area contributed by atoms with Crippen molar-refractivity contribution in [2.75, 3.05) is 11.9 Å². The first-order valence-electron chi connectivity index (χ1n) is 9.06. The molecule has 1 fully saturated rings. The number of rotatable bonds is 5. The minimum atomic E-state index is -0.463. The third-order valence-corrected chi connectivity index (χ3v) is 4.72. The molecule has 1 saturated heterocycles. The number of likely N-dealkylation sites (tertiary alicyclic amines) is 1. The summed E-state index contributed by atoms with van der Waals surface area (Å²) in [4.78, 5) is 26.5. The van der Waals surface area contributed by atoms with Crippen molar-refractivity contribution in [2.45, 2.75) is 39.3 Å². The Kier molecular flexibility index (Phi) is 5.56. The molecule has 0 aliphatic carbocycles. The number of carbonyl (C=O) groups is 2. The molecule has 0 radical (unpaired) electrons. The summed E-state index contributed by atoms with van der Waals surface area (Å²) in [7, 11) is 0. The second kappa shape index (κ2) is 8.04. The molecule has 1 atom stereocenters. The van der Waals surface area contributed by atoms with Crippen LogP contribution in [0.3, 0.4) is 0 Å². The van der Waals surface area contributed by atoms with E-state index in [-0.39, 0.29) is 11.9 Å². The monoisotopic (exact) mass is 351 g/mol. The highest BCUT2D eigenvalue weighted by atomic mass is 16.2. The highest BCUT2D eigenvalue weighted by molar-refractivity contribution is 5.94. The molecule has 2 aromatic rings. The van der Waals surface area contributed by atoms with Crippen LogP contribution in [0.4, 0.5) is 10.5 Å². The van der Waals surface area contributed by atoms with E-state index in [1.807, 2.05) is 55.5 Å². The molecule has 26 heavy (non-hydrogen) atoms. The minimum absolute atomic E-state index is 0.0259. The first-order chi connectivity index (χ1) is 12.5. The van der Waals surface area contributed by atoms with Crippen LogP contribution in [0.1, 0.15) is 30.0 Å². The normalized spacial score (nSPS) is 16.6. The second-order valence-electron chi connectivity index (χ2n) is 6.74. The summed E-state index contributed by atoms with van der Waals surface area (Å²) in [6.07, 6.45) is 1.59. The van der Waals surface area contributed by atoms with Gasteiger partial charge in [0, 0.05) is 18.8 Å². The fourth-order valence-electron chi connectivity index (χ4n) is 3.09. The molecule has 0 aromatic heterocycles. The SMILES string of the molecule is CCc1ccc(NC(=O)NC2CCN(Cc3ccc(C)cc3)C2=O)cc1. The van der Waals surface area contributed by atoms with E-state index >= 15 is 0 Å². The molecule has 0 saturated carbocycles. The first-order valence-corrected chi connectivity index (χ1v) is 9.06. The molecule has 2 N–H and O–H groups in total. The van der Waals surface area contributed by atoms with Gasteiger partial charge in [-0.25, -0.2) is 4.79 Å². The number of aryl methyl sites for hydroxylation is 2. The van der Waals surface area contributed by atoms with Crippen LogP contribution in [0.2, 0.25) is 0 Å². The van der Waals surface area contributed by atoms with Crippen molar-refractivity contribution in [3.63, 3.8) is 0 Å². The van der Waals surface area contributed by atoms with Gasteiger partial charge in [0.25, 0.3) is 0 Å². The van der Waals surface area contributed by atoms with Gasteiger partial charge in [-0.3, -0.25) is 4.79 Å². The Hall–Kier alpha value is -2.82. The van der Waals surface area contributed by atoms with Gasteiger partial charge in [-0.2, -0.15) is 0 Å². The Bertz CT molecular complexity index is 769. The number of benzene rings is 2. The van der Waals surface area contributed by atoms with Crippen LogP contribution in [0.5, 0.6) is 0 Å². The van der Waals surface area contributed by atoms with E-state index in [1.54, 1.807) is 4.90 Å². The van der Waals surface area contributed by atoms with E-state index in [0.29, 0.717) is 19.5 Å². The standard InChI is InChI=1S/C21H25N3O2/c1-3-16-8-10-18(11-9-16)22-21(26)23-19-12-13-24(20(19)25)14-17-6-4-15(2)5-7-17/h4-11,19H,3,12-14H2,1-2H3,(H2,22,23,26). The maximum atomic E-state index is 12.5. The largest absolute Gasteiger partial charge is 0.336 e. The maximum Gasteiger partial charge on any atom is 0.319 e. The quantitative estimate of drug-likeness (QED) is 0.866. The predicted octanol–water partition coefficient (Wildman–Crippen LogP) is 3.48. The lowest BCUT2D eigenvalue weighted by molar-refractivity contribution is -0.129. The van der Waals surface area contributed by atoms with E-state index in [4.69, 9.17) is 0 Å². The van der Waals surface area contributed by atoms with Gasteiger partial charge >= 0.3 is 6.03 Å². The second-order valence-corrected chi connectivity index (χ2v) is 6.74. The van der Waals surface area contributed by atoms with Gasteiger partial charge in [0.05, 0.1) is 0 Å². The van der Waals surface area contributed by atoms with Crippen molar-refractivity contribution in [1.29, 1.82) is 0 Å². The molecule has 1 unspecified atom stereocenters. The number of nitrogens with zero attached hydrogens (tertiary/aromatic N) is 1. The summed E-state index contributed by atoms with van der Waals surface area (Å²) in [5, 5.41) is 5.58. The summed E-state index contributed by atoms with van der Waals surface area (Å²) in [5.41, 5.74) is 4.24. The summed E-state index contributed by atoms with van der Waals surface area (Å²) < 4.78 is 0. The Morgan fingerprint density at radius 2 is 1.73 bits per heavy atom. The Balaban J connectivity index is 1.52. The van der Waals surface area contributed by atoms with Crippen LogP contribution < -0.4 is 10.6 Å². The van der Waals surface area contributed by atoms with Gasteiger partial charge in [0.15, 0.2) is 0 Å². The molecule has 3 amide bonds. The molecular weight excluding hydrogens is 326 g/mol. The fourth-order valence-corrected chi connectivity index (χ4v) is 3.09. The zero-order valence-electron chi connectivity index (χ0n) is 15.3. The molecule has 3 rings (SSSR count). The fraction of sp³-hybridized carbons (Fsp3) is 0.333. The van der Waals surface area contributed by atoms with Gasteiger partial charge in [0.1, 0.15) is 6.04 Å². The third kappa shape index (κ3) is 4.42. The number of hydrogen-bond donors (Lipinski definition) is 2. The molecular formula is C21H25N3O2. The van der Waals surface area contributed by atoms with Crippen LogP contribution in [0, 0.1) is 6.92 Å². The van der Waals surface area contributed by atoms with Gasteiger partial charge in [-0.05, 0) is 43.0 Å². The number of hydrogen-bond acceptors (Lipinski definition) is 2. The van der Waals surface area contributed by atoms with Crippen molar-refractivity contribution in [1.82, 2.24) is 10.2 Å². The van der Waals surface area contributed by atoms with Crippen LogP contribution in [-0.2, 0) is 17.8 Å². The lowest BCUT2D eigenvalue weighted by atomic mass is 10.1. The molecule has 1 heterocycles. The Labute approximate surface area is 154 Å². The molecule has 136 valence electrons. The lowest BCUT2D eigenvalue weighted by Crippen LogP contribution is -2.43. The van der Waals surface area contributed by atoms with Crippen LogP contribution in [-0.4, -0.2) is 29.4 Å². The number of nitrogens with one attached hydrogen (secondary N) is 2. The van der Waals surface area contributed by atoms with Crippen LogP contribution in [0.15, 0.2) is 48.5 Å². The van der Waals surface area contributed by atoms with Crippen molar-refractivity contribution in [3.05, 3.63) is 65.2 Å². The van der Waals surface area contributed by atoms with Crippen molar-refractivity contribution in [2.24, 2.45) is 0 Å². The van der Waals surface area contributed by atoms with Crippen LogP contribution >= 0.6 is 0 Å². The van der Waals surface area contributed by atoms with Crippen LogP contribution in [0.25, 0.3) is 0 Å². The highest BCUT2D eigenvalue weighted by Gasteiger charge is 2.32. The summed E-state index contributed by atoms with van der Waals surface area (Å²) in [5.74, 6) is -0.0259. The maximum absolute atomic E-state index is 12.5. The van der Waals surface area contributed by atoms with Gasteiger partial charge < -0.3 is 15.5 Å². The van der Waals surface area contributed by atoms with Gasteiger partial charge in [-0.1, -0.05) is 48.9 Å². The number of amides is 3. The Morgan fingerprint density at radius 3 is 2.38 bits per heavy atom. The summed E-state index contributed by atoms with van der Waals surface area (Å²) in [6.45, 7) is 5.36. The first kappa shape index (κ1) is 18.0. The van der Waals surface area contributed by atoms with E-state index in [2.05, 4.69) is 17.6 Å². The molecule has 5 heteroatoms. The molecule has 0 spiro atoms. The zero-order chi connectivity index (χ0) is 18.5. The number of carbonyl (C=O) groups excluding carboxylic acids is 2. The van der Waals surface area contributed by atoms with E-state index in [9.17, 15) is 9.59 Å². The van der Waals surface area contributed by atoms with Crippen molar-refractivity contribution in [3.8, 4) is 0 Å². The lowest BCUT2D eigenvalue weighted by Gasteiger charge is -2.17. The van der Waals surface area contributed by atoms with Crippen molar-refractivity contribution < 1.29 is 9.59 Å². The predicted molar refractivity (Wildman–Crippen MR) is 103 cm³/mol. The molecule has 5 nitrogen and oxygen atoms in total. The minimum Gasteiger partial charge on any atom is -0.336 e. The third-order valence-electron chi connectivity index (χ3n) is 4.72. The Morgan fingerprint density at radius 1 is 1.08 bits per heavy atom. The summed E-state index contributed by atoms with van der Waals surface area (Å²) >= 11 is 0. The summed E-state index contributed by atoms with van der Waals surface area (Å²) in [6, 6.07) is 15.1. The average molecular weight is 351 g/mol. The molecule has 1 aliphatic heterocycles. The number of urea groups is 1. The molecule has 2 aromatic carbocycles. The average Bonchev–Trinajstić information content (AvgIpc) is 2.97. The molecule has 0 bridgehead atoms. The van der Waals surface area contributed by atoms with Gasteiger partial charge in [-0.15, -0.1) is 0 Å².